The van der Waals surface area contributed by atoms with Gasteiger partial charge in [0, 0.05) is 16.6 Å². The Balaban J connectivity index is 0.00000400. The monoisotopic (exact) mass is 441 g/mol. The van der Waals surface area contributed by atoms with Gasteiger partial charge in [-0.25, -0.2) is 0 Å². The van der Waals surface area contributed by atoms with E-state index in [2.05, 4.69) is 50.2 Å². The summed E-state index contributed by atoms with van der Waals surface area (Å²) in [6.07, 6.45) is 8.00. The van der Waals surface area contributed by atoms with E-state index in [1.807, 2.05) is 6.07 Å². The molecular weight excluding hydrogens is 417 g/mol. The van der Waals surface area contributed by atoms with Gasteiger partial charge in [-0.2, -0.15) is 0 Å². The van der Waals surface area contributed by atoms with Gasteiger partial charge in [0.2, 0.25) is 0 Å². The van der Waals surface area contributed by atoms with Gasteiger partial charge in [0.05, 0.1) is 11.6 Å². The fourth-order valence-corrected chi connectivity index (χ4v) is 3.70. The molecule has 0 unspecified atom stereocenters. The number of unbranched alkanes of at least 4 members (excludes halogenated alkanes) is 5. The lowest BCUT2D eigenvalue weighted by atomic mass is 10.1. The third-order valence-corrected chi connectivity index (χ3v) is 4.36. The second kappa shape index (κ2) is 12.7. The van der Waals surface area contributed by atoms with Gasteiger partial charge >= 0.3 is 0 Å². The predicted octanol–water partition coefficient (Wildman–Crippen LogP) is 6.09. The number of benzene rings is 1. The highest BCUT2D eigenvalue weighted by molar-refractivity contribution is 9.11. The maximum Gasteiger partial charge on any atom is 0.137 e. The fourth-order valence-electron chi connectivity index (χ4n) is 2.23. The topological polar surface area (TPSA) is 21.3 Å². The quantitative estimate of drug-likeness (QED) is 0.442. The number of hydrogen-bond donors (Lipinski definition) is 1. The van der Waals surface area contributed by atoms with Gasteiger partial charge in [0.25, 0.3) is 0 Å². The van der Waals surface area contributed by atoms with Gasteiger partial charge in [0.1, 0.15) is 5.75 Å². The zero-order chi connectivity index (χ0) is 14.8. The van der Waals surface area contributed by atoms with Gasteiger partial charge in [-0.1, -0.05) is 55.0 Å². The summed E-state index contributed by atoms with van der Waals surface area (Å²) in [4.78, 5) is 0. The van der Waals surface area contributed by atoms with Crippen LogP contribution in [0.5, 0.6) is 5.75 Å². The average molecular weight is 444 g/mol. The number of hydrogen-bond acceptors (Lipinski definition) is 2. The molecule has 0 spiro atoms. The summed E-state index contributed by atoms with van der Waals surface area (Å²) in [5, 5.41) is 3.50. The van der Waals surface area contributed by atoms with Crippen molar-refractivity contribution in [1.29, 1.82) is 0 Å². The first-order valence-corrected chi connectivity index (χ1v) is 9.00. The summed E-state index contributed by atoms with van der Waals surface area (Å²) >= 11 is 7.05. The van der Waals surface area contributed by atoms with Crippen molar-refractivity contribution in [3.63, 3.8) is 0 Å². The molecule has 0 heterocycles. The van der Waals surface area contributed by atoms with E-state index < -0.39 is 0 Å². The van der Waals surface area contributed by atoms with E-state index in [1.165, 1.54) is 44.1 Å². The molecular formula is C16H26Br2ClNO. The summed E-state index contributed by atoms with van der Waals surface area (Å²) in [5.41, 5.74) is 1.18. The third kappa shape index (κ3) is 8.44. The van der Waals surface area contributed by atoms with Crippen molar-refractivity contribution in [3.8, 4) is 5.75 Å². The van der Waals surface area contributed by atoms with Crippen molar-refractivity contribution in [2.75, 3.05) is 13.7 Å². The van der Waals surface area contributed by atoms with Crippen LogP contribution in [0, 0.1) is 0 Å². The second-order valence-corrected chi connectivity index (χ2v) is 6.79. The molecule has 0 aliphatic rings. The minimum absolute atomic E-state index is 0. The molecule has 1 N–H and O–H groups in total. The maximum atomic E-state index is 5.45. The summed E-state index contributed by atoms with van der Waals surface area (Å²) in [5.74, 6) is 0.920. The first-order valence-electron chi connectivity index (χ1n) is 7.41. The van der Waals surface area contributed by atoms with Gasteiger partial charge < -0.3 is 10.1 Å². The first-order chi connectivity index (χ1) is 9.69. The number of methoxy groups -OCH3 is 1. The van der Waals surface area contributed by atoms with E-state index in [0.717, 1.165) is 27.8 Å². The van der Waals surface area contributed by atoms with E-state index in [0.29, 0.717) is 0 Å². The van der Waals surface area contributed by atoms with Gasteiger partial charge in [0.15, 0.2) is 0 Å². The SMILES string of the molecule is CCCCCCCCNCc1cc(Br)cc(Br)c1OC.Cl. The third-order valence-electron chi connectivity index (χ3n) is 3.31. The highest BCUT2D eigenvalue weighted by Crippen LogP contribution is 2.32. The van der Waals surface area contributed by atoms with Crippen LogP contribution >= 0.6 is 44.3 Å². The zero-order valence-corrected chi connectivity index (χ0v) is 16.9. The van der Waals surface area contributed by atoms with E-state index in [9.17, 15) is 0 Å². The maximum absolute atomic E-state index is 5.45. The Morgan fingerprint density at radius 3 is 2.38 bits per heavy atom. The van der Waals surface area contributed by atoms with Crippen molar-refractivity contribution in [1.82, 2.24) is 5.32 Å². The molecule has 0 radical (unpaired) electrons. The number of rotatable bonds is 10. The minimum Gasteiger partial charge on any atom is -0.495 e. The van der Waals surface area contributed by atoms with Crippen LogP contribution in [0.3, 0.4) is 0 Å². The highest BCUT2D eigenvalue weighted by Gasteiger charge is 2.08. The molecule has 2 nitrogen and oxygen atoms in total. The van der Waals surface area contributed by atoms with Crippen LogP contribution in [-0.4, -0.2) is 13.7 Å². The molecule has 0 saturated heterocycles. The van der Waals surface area contributed by atoms with Gasteiger partial charge in [-0.05, 0) is 41.0 Å². The molecule has 0 aliphatic carbocycles. The van der Waals surface area contributed by atoms with Crippen LogP contribution < -0.4 is 10.1 Å². The lowest BCUT2D eigenvalue weighted by Crippen LogP contribution is -2.15. The van der Waals surface area contributed by atoms with Crippen molar-refractivity contribution in [2.24, 2.45) is 0 Å². The Hall–Kier alpha value is 0.230. The van der Waals surface area contributed by atoms with Crippen molar-refractivity contribution < 1.29 is 4.74 Å². The molecule has 0 aromatic heterocycles. The number of ether oxygens (including phenoxy) is 1. The molecule has 1 rings (SSSR count). The summed E-state index contributed by atoms with van der Waals surface area (Å²) in [6.45, 7) is 4.17. The first kappa shape index (κ1) is 21.2. The van der Waals surface area contributed by atoms with Crippen LogP contribution in [0.1, 0.15) is 51.0 Å². The lowest BCUT2D eigenvalue weighted by Gasteiger charge is -2.12. The van der Waals surface area contributed by atoms with Crippen molar-refractivity contribution in [3.05, 3.63) is 26.6 Å². The Morgan fingerprint density at radius 2 is 1.71 bits per heavy atom. The highest BCUT2D eigenvalue weighted by atomic mass is 79.9. The van der Waals surface area contributed by atoms with E-state index >= 15 is 0 Å². The minimum atomic E-state index is 0. The molecule has 5 heteroatoms. The predicted molar refractivity (Wildman–Crippen MR) is 101 cm³/mol. The van der Waals surface area contributed by atoms with Gasteiger partial charge in [-0.15, -0.1) is 12.4 Å². The van der Waals surface area contributed by atoms with Crippen LogP contribution in [0.4, 0.5) is 0 Å². The smallest absolute Gasteiger partial charge is 0.137 e. The summed E-state index contributed by atoms with van der Waals surface area (Å²) in [6, 6.07) is 4.12. The average Bonchev–Trinajstić information content (AvgIpc) is 2.41. The van der Waals surface area contributed by atoms with E-state index in [-0.39, 0.29) is 12.4 Å². The lowest BCUT2D eigenvalue weighted by molar-refractivity contribution is 0.404. The summed E-state index contributed by atoms with van der Waals surface area (Å²) < 4.78 is 7.51. The molecule has 0 atom stereocenters. The fraction of sp³-hybridized carbons (Fsp3) is 0.625. The van der Waals surface area contributed by atoms with Crippen molar-refractivity contribution >= 4 is 44.3 Å². The molecule has 0 fully saturated rings. The van der Waals surface area contributed by atoms with Crippen LogP contribution in [0.15, 0.2) is 21.1 Å². The Kier molecular flexibility index (Phi) is 12.9. The number of halogens is 3. The van der Waals surface area contributed by atoms with Crippen LogP contribution in [0.25, 0.3) is 0 Å². The molecule has 1 aromatic rings. The zero-order valence-electron chi connectivity index (χ0n) is 12.9. The van der Waals surface area contributed by atoms with E-state index in [4.69, 9.17) is 4.74 Å². The second-order valence-electron chi connectivity index (χ2n) is 5.02. The van der Waals surface area contributed by atoms with Gasteiger partial charge in [-0.3, -0.25) is 0 Å². The summed E-state index contributed by atoms with van der Waals surface area (Å²) in [7, 11) is 1.71. The van der Waals surface area contributed by atoms with E-state index in [1.54, 1.807) is 7.11 Å². The van der Waals surface area contributed by atoms with Crippen molar-refractivity contribution in [2.45, 2.75) is 52.0 Å². The van der Waals surface area contributed by atoms with Crippen LogP contribution in [-0.2, 0) is 6.54 Å². The molecule has 0 amide bonds. The Morgan fingerprint density at radius 1 is 1.05 bits per heavy atom. The molecule has 1 aromatic carbocycles. The Bertz CT molecular complexity index is 402. The Labute approximate surface area is 152 Å². The standard InChI is InChI=1S/C16H25Br2NO.ClH/c1-3-4-5-6-7-8-9-19-12-13-10-14(17)11-15(18)16(13)20-2;/h10-11,19H,3-9,12H2,1-2H3;1H. The molecule has 122 valence electrons. The molecule has 0 aliphatic heterocycles. The molecule has 0 bridgehead atoms. The molecule has 21 heavy (non-hydrogen) atoms. The molecule has 0 saturated carbocycles. The number of nitrogens with one attached hydrogen (secondary N) is 1. The normalized spacial score (nSPS) is 10.3. The largest absolute Gasteiger partial charge is 0.495 e. The van der Waals surface area contributed by atoms with Crippen LogP contribution in [0.2, 0.25) is 0 Å².